The third-order valence-electron chi connectivity index (χ3n) is 6.72. The summed E-state index contributed by atoms with van der Waals surface area (Å²) in [5.74, 6) is 0.441. The zero-order valence-electron chi connectivity index (χ0n) is 14.4. The number of nitrogens with one attached hydrogen (secondary N) is 1. The minimum absolute atomic E-state index is 0.00464. The standard InChI is InChI=1S/C18H27NO4/c1-5-6-9-23-15-12(13(20)14(15)21)19-11-10-7-8-18(4,16(11)22)17(10,2)3/h10-11,16,19,22H,5-9H2,1-4H3/t10-,11-,16-,18+/m1/s1. The molecular weight excluding hydrogens is 294 g/mol. The molecule has 0 heterocycles. The molecule has 5 nitrogen and oxygen atoms in total. The quantitative estimate of drug-likeness (QED) is 0.619. The topological polar surface area (TPSA) is 75.6 Å². The molecule has 1 aromatic carbocycles. The predicted octanol–water partition coefficient (Wildman–Crippen LogP) is 2.06. The van der Waals surface area contributed by atoms with Gasteiger partial charge in [0.1, 0.15) is 5.69 Å². The Bertz CT molecular complexity index is 673. The number of aliphatic hydroxyl groups is 1. The Balaban J connectivity index is 1.80. The van der Waals surface area contributed by atoms with E-state index in [0.717, 1.165) is 25.7 Å². The van der Waals surface area contributed by atoms with E-state index in [0.29, 0.717) is 6.61 Å². The Morgan fingerprint density at radius 3 is 2.52 bits per heavy atom. The molecule has 3 rings (SSSR count). The average Bonchev–Trinajstić information content (AvgIpc) is 2.83. The van der Waals surface area contributed by atoms with Gasteiger partial charge >= 0.3 is 0 Å². The molecule has 2 aliphatic carbocycles. The van der Waals surface area contributed by atoms with Gasteiger partial charge in [-0.1, -0.05) is 34.1 Å². The van der Waals surface area contributed by atoms with E-state index >= 15 is 0 Å². The van der Waals surface area contributed by atoms with Crippen LogP contribution in [0, 0.1) is 16.7 Å². The summed E-state index contributed by atoms with van der Waals surface area (Å²) >= 11 is 0. The summed E-state index contributed by atoms with van der Waals surface area (Å²) < 4.78 is 5.48. The molecule has 128 valence electrons. The van der Waals surface area contributed by atoms with Crippen molar-refractivity contribution in [3.8, 4) is 5.75 Å². The summed E-state index contributed by atoms with van der Waals surface area (Å²) in [6.07, 6.45) is 3.31. The van der Waals surface area contributed by atoms with Gasteiger partial charge in [0.15, 0.2) is 5.75 Å². The van der Waals surface area contributed by atoms with Crippen molar-refractivity contribution in [2.45, 2.75) is 65.5 Å². The van der Waals surface area contributed by atoms with E-state index in [1.807, 2.05) is 6.92 Å². The van der Waals surface area contributed by atoms with Crippen LogP contribution in [0.1, 0.15) is 53.4 Å². The maximum atomic E-state index is 11.9. The monoisotopic (exact) mass is 321 g/mol. The molecule has 2 fully saturated rings. The van der Waals surface area contributed by atoms with Crippen LogP contribution >= 0.6 is 0 Å². The minimum Gasteiger partial charge on any atom is -0.487 e. The minimum atomic E-state index is -0.549. The van der Waals surface area contributed by atoms with Gasteiger partial charge < -0.3 is 15.2 Å². The van der Waals surface area contributed by atoms with Crippen LogP contribution in [0.3, 0.4) is 0 Å². The second-order valence-electron chi connectivity index (χ2n) is 7.96. The molecule has 0 saturated heterocycles. The van der Waals surface area contributed by atoms with E-state index in [9.17, 15) is 14.7 Å². The summed E-state index contributed by atoms with van der Waals surface area (Å²) in [5, 5.41) is 13.9. The lowest BCUT2D eigenvalue weighted by molar-refractivity contribution is 0.00842. The van der Waals surface area contributed by atoms with E-state index in [-0.39, 0.29) is 34.2 Å². The number of rotatable bonds is 6. The maximum absolute atomic E-state index is 11.9. The lowest BCUT2D eigenvalue weighted by atomic mass is 9.70. The van der Waals surface area contributed by atoms with Gasteiger partial charge in [-0.15, -0.1) is 0 Å². The summed E-state index contributed by atoms with van der Waals surface area (Å²) in [6.45, 7) is 8.99. The number of hydrogen-bond donors (Lipinski definition) is 2. The SMILES string of the molecule is CCCCOc1c(N[C@@H]2[C@H]3CC[C@@](C)([C@@H]2O)C3(C)C)c(=O)c1=O. The van der Waals surface area contributed by atoms with Crippen molar-refractivity contribution < 1.29 is 9.84 Å². The van der Waals surface area contributed by atoms with Gasteiger partial charge in [-0.25, -0.2) is 0 Å². The van der Waals surface area contributed by atoms with Crippen LogP contribution in [-0.4, -0.2) is 23.9 Å². The van der Waals surface area contributed by atoms with Crippen LogP contribution in [0.4, 0.5) is 5.69 Å². The van der Waals surface area contributed by atoms with E-state index in [1.54, 1.807) is 0 Å². The molecule has 0 spiro atoms. The van der Waals surface area contributed by atoms with Gasteiger partial charge in [-0.2, -0.15) is 0 Å². The second kappa shape index (κ2) is 5.33. The smallest absolute Gasteiger partial charge is 0.272 e. The van der Waals surface area contributed by atoms with Crippen molar-refractivity contribution in [2.24, 2.45) is 16.7 Å². The number of ether oxygens (including phenoxy) is 1. The number of aliphatic hydroxyl groups excluding tert-OH is 1. The van der Waals surface area contributed by atoms with E-state index < -0.39 is 17.0 Å². The first-order valence-electron chi connectivity index (χ1n) is 8.66. The van der Waals surface area contributed by atoms with E-state index in [1.165, 1.54) is 0 Å². The lowest BCUT2D eigenvalue weighted by Crippen LogP contribution is -2.46. The number of anilines is 1. The first kappa shape index (κ1) is 16.5. The fourth-order valence-corrected chi connectivity index (χ4v) is 4.64. The van der Waals surface area contributed by atoms with Gasteiger partial charge in [0.25, 0.3) is 10.9 Å². The normalized spacial score (nSPS) is 34.9. The van der Waals surface area contributed by atoms with Crippen molar-refractivity contribution >= 4 is 5.69 Å². The molecule has 2 N–H and O–H groups in total. The lowest BCUT2D eigenvalue weighted by Gasteiger charge is -2.37. The Labute approximate surface area is 136 Å². The number of fused-ring (bicyclic) bond motifs is 2. The highest BCUT2D eigenvalue weighted by molar-refractivity contribution is 5.63. The molecular formula is C18H27NO4. The van der Waals surface area contributed by atoms with Gasteiger partial charge in [0.05, 0.1) is 18.8 Å². The molecule has 2 saturated carbocycles. The zero-order valence-corrected chi connectivity index (χ0v) is 14.4. The Morgan fingerprint density at radius 1 is 1.26 bits per heavy atom. The van der Waals surface area contributed by atoms with Crippen molar-refractivity contribution in [1.82, 2.24) is 0 Å². The molecule has 5 heteroatoms. The second-order valence-corrected chi connectivity index (χ2v) is 7.96. The predicted molar refractivity (Wildman–Crippen MR) is 89.8 cm³/mol. The van der Waals surface area contributed by atoms with Gasteiger partial charge in [-0.3, -0.25) is 9.59 Å². The molecule has 0 unspecified atom stereocenters. The van der Waals surface area contributed by atoms with Crippen LogP contribution in [-0.2, 0) is 0 Å². The van der Waals surface area contributed by atoms with Crippen molar-refractivity contribution in [2.75, 3.05) is 11.9 Å². The highest BCUT2D eigenvalue weighted by Crippen LogP contribution is 2.65. The molecule has 0 amide bonds. The molecule has 23 heavy (non-hydrogen) atoms. The zero-order chi connectivity index (χ0) is 17.0. The maximum Gasteiger partial charge on any atom is 0.272 e. The Kier molecular flexibility index (Phi) is 3.82. The van der Waals surface area contributed by atoms with E-state index in [4.69, 9.17) is 4.74 Å². The van der Waals surface area contributed by atoms with Crippen molar-refractivity contribution in [3.63, 3.8) is 0 Å². The molecule has 1 aromatic rings. The first-order valence-corrected chi connectivity index (χ1v) is 8.66. The molecule has 4 atom stereocenters. The highest BCUT2D eigenvalue weighted by Gasteiger charge is 2.66. The third-order valence-corrected chi connectivity index (χ3v) is 6.72. The third kappa shape index (κ3) is 2.09. The van der Waals surface area contributed by atoms with Gasteiger partial charge in [0, 0.05) is 5.41 Å². The average molecular weight is 321 g/mol. The van der Waals surface area contributed by atoms with Crippen LogP contribution < -0.4 is 20.9 Å². The Morgan fingerprint density at radius 2 is 1.96 bits per heavy atom. The fraction of sp³-hybridized carbons (Fsp3) is 0.778. The number of hydrogen-bond acceptors (Lipinski definition) is 5. The largest absolute Gasteiger partial charge is 0.487 e. The summed E-state index contributed by atoms with van der Waals surface area (Å²) in [7, 11) is 0. The van der Waals surface area contributed by atoms with Gasteiger partial charge in [-0.05, 0) is 30.6 Å². The Hall–Kier alpha value is -1.36. The first-order chi connectivity index (χ1) is 10.8. The van der Waals surface area contributed by atoms with Crippen LogP contribution in [0.15, 0.2) is 9.59 Å². The van der Waals surface area contributed by atoms with Crippen LogP contribution in [0.25, 0.3) is 0 Å². The van der Waals surface area contributed by atoms with E-state index in [2.05, 4.69) is 26.1 Å². The van der Waals surface area contributed by atoms with Crippen molar-refractivity contribution in [1.29, 1.82) is 0 Å². The van der Waals surface area contributed by atoms with Crippen LogP contribution in [0.5, 0.6) is 5.75 Å². The molecule has 0 radical (unpaired) electrons. The summed E-state index contributed by atoms with van der Waals surface area (Å²) in [5.41, 5.74) is -0.955. The fourth-order valence-electron chi connectivity index (χ4n) is 4.64. The summed E-state index contributed by atoms with van der Waals surface area (Å²) in [4.78, 5) is 23.7. The van der Waals surface area contributed by atoms with Gasteiger partial charge in [0.2, 0.25) is 0 Å². The number of unbranched alkanes of at least 4 members (excludes halogenated alkanes) is 1. The molecule has 0 aliphatic heterocycles. The molecule has 2 bridgehead atoms. The molecule has 2 aliphatic rings. The summed E-state index contributed by atoms with van der Waals surface area (Å²) in [6, 6.07) is -0.194. The van der Waals surface area contributed by atoms with Crippen LogP contribution in [0.2, 0.25) is 0 Å². The highest BCUT2D eigenvalue weighted by atomic mass is 16.5. The van der Waals surface area contributed by atoms with Crippen molar-refractivity contribution in [3.05, 3.63) is 20.4 Å². The molecule has 0 aromatic heterocycles.